The number of anilines is 1. The molecule has 1 N–H and O–H groups in total. The maximum atomic E-state index is 5.54. The molecule has 1 aromatic heterocycles. The lowest BCUT2D eigenvalue weighted by Crippen LogP contribution is -2.02. The van der Waals surface area contributed by atoms with Gasteiger partial charge in [0.15, 0.2) is 5.16 Å². The highest BCUT2D eigenvalue weighted by atomic mass is 32.2. The van der Waals surface area contributed by atoms with E-state index < -0.39 is 0 Å². The zero-order chi connectivity index (χ0) is 11.8. The molecule has 0 radical (unpaired) electrons. The van der Waals surface area contributed by atoms with Gasteiger partial charge in [-0.15, -0.1) is 6.58 Å². The van der Waals surface area contributed by atoms with Gasteiger partial charge in [-0.3, -0.25) is 0 Å². The summed E-state index contributed by atoms with van der Waals surface area (Å²) in [7, 11) is 1.83. The first kappa shape index (κ1) is 12.8. The summed E-state index contributed by atoms with van der Waals surface area (Å²) in [5, 5.41) is 3.70. The summed E-state index contributed by atoms with van der Waals surface area (Å²) in [6.45, 7) is 4.32. The summed E-state index contributed by atoms with van der Waals surface area (Å²) < 4.78 is 5.54. The van der Waals surface area contributed by atoms with Crippen LogP contribution in [0.1, 0.15) is 12.8 Å². The van der Waals surface area contributed by atoms with Crippen LogP contribution in [0.15, 0.2) is 23.9 Å². The summed E-state index contributed by atoms with van der Waals surface area (Å²) in [6.07, 6.45) is 5.74. The summed E-state index contributed by atoms with van der Waals surface area (Å²) in [6, 6.07) is 1.80. The molecular formula is C11H17N3OS. The maximum Gasteiger partial charge on any atom is 0.219 e. The predicted octanol–water partition coefficient (Wildman–Crippen LogP) is 2.59. The van der Waals surface area contributed by atoms with Gasteiger partial charge >= 0.3 is 0 Å². The van der Waals surface area contributed by atoms with Crippen LogP contribution in [0.3, 0.4) is 0 Å². The molecule has 0 aliphatic heterocycles. The molecule has 0 saturated carbocycles. The van der Waals surface area contributed by atoms with Crippen LogP contribution in [-0.4, -0.2) is 29.9 Å². The van der Waals surface area contributed by atoms with Crippen molar-refractivity contribution in [2.45, 2.75) is 18.0 Å². The Kier molecular flexibility index (Phi) is 5.71. The lowest BCUT2D eigenvalue weighted by molar-refractivity contribution is 0.297. The van der Waals surface area contributed by atoms with Crippen LogP contribution >= 0.6 is 11.8 Å². The van der Waals surface area contributed by atoms with Gasteiger partial charge in [0.25, 0.3) is 0 Å². The fourth-order valence-corrected chi connectivity index (χ4v) is 1.47. The van der Waals surface area contributed by atoms with E-state index in [1.54, 1.807) is 6.07 Å². The SMILES string of the molecule is C=CCCCOc1cc(NC)nc(SC)n1. The number of unbranched alkanes of at least 4 members (excludes halogenated alkanes) is 1. The van der Waals surface area contributed by atoms with E-state index in [-0.39, 0.29) is 0 Å². The average Bonchev–Trinajstić information content (AvgIpc) is 2.34. The quantitative estimate of drug-likeness (QED) is 0.343. The number of hydrogen-bond donors (Lipinski definition) is 1. The Balaban J connectivity index is 2.60. The summed E-state index contributed by atoms with van der Waals surface area (Å²) >= 11 is 1.50. The topological polar surface area (TPSA) is 47.0 Å². The van der Waals surface area contributed by atoms with Gasteiger partial charge in [0.05, 0.1) is 6.61 Å². The van der Waals surface area contributed by atoms with Crippen molar-refractivity contribution in [2.75, 3.05) is 25.2 Å². The zero-order valence-corrected chi connectivity index (χ0v) is 10.5. The maximum absolute atomic E-state index is 5.54. The number of nitrogens with zero attached hydrogens (tertiary/aromatic N) is 2. The molecule has 4 nitrogen and oxygen atoms in total. The number of aromatic nitrogens is 2. The fraction of sp³-hybridized carbons (Fsp3) is 0.455. The average molecular weight is 239 g/mol. The molecule has 0 unspecified atom stereocenters. The lowest BCUT2D eigenvalue weighted by Gasteiger charge is -2.07. The van der Waals surface area contributed by atoms with E-state index in [0.29, 0.717) is 17.6 Å². The first-order chi connectivity index (χ1) is 7.80. The number of thioether (sulfide) groups is 1. The molecular weight excluding hydrogens is 222 g/mol. The van der Waals surface area contributed by atoms with Crippen LogP contribution in [0, 0.1) is 0 Å². The zero-order valence-electron chi connectivity index (χ0n) is 9.69. The van der Waals surface area contributed by atoms with Crippen molar-refractivity contribution >= 4 is 17.6 Å². The van der Waals surface area contributed by atoms with Crippen molar-refractivity contribution in [3.63, 3.8) is 0 Å². The normalized spacial score (nSPS) is 9.88. The minimum absolute atomic E-state index is 0.618. The van der Waals surface area contributed by atoms with Crippen LogP contribution in [0.25, 0.3) is 0 Å². The molecule has 0 fully saturated rings. The Labute approximate surface area is 101 Å². The third-order valence-corrected chi connectivity index (χ3v) is 2.47. The highest BCUT2D eigenvalue weighted by Crippen LogP contribution is 2.18. The van der Waals surface area contributed by atoms with E-state index in [9.17, 15) is 0 Å². The molecule has 0 bridgehead atoms. The molecule has 0 amide bonds. The Morgan fingerprint density at radius 2 is 2.38 bits per heavy atom. The van der Waals surface area contributed by atoms with Crippen molar-refractivity contribution in [3.8, 4) is 5.88 Å². The van der Waals surface area contributed by atoms with Crippen LogP contribution < -0.4 is 10.1 Å². The van der Waals surface area contributed by atoms with E-state index >= 15 is 0 Å². The predicted molar refractivity (Wildman–Crippen MR) is 68.3 cm³/mol. The van der Waals surface area contributed by atoms with Gasteiger partial charge in [-0.2, -0.15) is 4.98 Å². The van der Waals surface area contributed by atoms with Gasteiger partial charge in [-0.05, 0) is 19.1 Å². The first-order valence-electron chi connectivity index (χ1n) is 5.14. The smallest absolute Gasteiger partial charge is 0.219 e. The summed E-state index contributed by atoms with van der Waals surface area (Å²) in [5.41, 5.74) is 0. The number of rotatable bonds is 7. The van der Waals surface area contributed by atoms with E-state index in [1.165, 1.54) is 11.8 Å². The molecule has 0 aromatic carbocycles. The molecule has 88 valence electrons. The van der Waals surface area contributed by atoms with Gasteiger partial charge in [0, 0.05) is 13.1 Å². The minimum atomic E-state index is 0.618. The van der Waals surface area contributed by atoms with Crippen LogP contribution in [0.2, 0.25) is 0 Å². The fourth-order valence-electron chi connectivity index (χ4n) is 1.10. The van der Waals surface area contributed by atoms with Crippen molar-refractivity contribution in [1.29, 1.82) is 0 Å². The van der Waals surface area contributed by atoms with E-state index in [4.69, 9.17) is 4.74 Å². The molecule has 16 heavy (non-hydrogen) atoms. The van der Waals surface area contributed by atoms with Crippen LogP contribution in [0.4, 0.5) is 5.82 Å². The van der Waals surface area contributed by atoms with E-state index in [0.717, 1.165) is 18.7 Å². The molecule has 0 saturated heterocycles. The second-order valence-corrected chi connectivity index (χ2v) is 3.88. The van der Waals surface area contributed by atoms with Gasteiger partial charge in [-0.25, -0.2) is 4.98 Å². The minimum Gasteiger partial charge on any atom is -0.477 e. The van der Waals surface area contributed by atoms with Crippen LogP contribution in [0.5, 0.6) is 5.88 Å². The summed E-state index contributed by atoms with van der Waals surface area (Å²) in [4.78, 5) is 8.52. The third-order valence-electron chi connectivity index (χ3n) is 1.92. The summed E-state index contributed by atoms with van der Waals surface area (Å²) in [5.74, 6) is 1.39. The van der Waals surface area contributed by atoms with Crippen molar-refractivity contribution in [2.24, 2.45) is 0 Å². The molecule has 0 spiro atoms. The van der Waals surface area contributed by atoms with Crippen molar-refractivity contribution < 1.29 is 4.74 Å². The van der Waals surface area contributed by atoms with Crippen molar-refractivity contribution in [3.05, 3.63) is 18.7 Å². The number of ether oxygens (including phenoxy) is 1. The molecule has 1 heterocycles. The molecule has 0 atom stereocenters. The van der Waals surface area contributed by atoms with Gasteiger partial charge in [-0.1, -0.05) is 17.8 Å². The molecule has 0 aliphatic rings. The van der Waals surface area contributed by atoms with E-state index in [2.05, 4.69) is 21.9 Å². The first-order valence-corrected chi connectivity index (χ1v) is 6.37. The monoisotopic (exact) mass is 239 g/mol. The Morgan fingerprint density at radius 3 is 3.00 bits per heavy atom. The number of hydrogen-bond acceptors (Lipinski definition) is 5. The van der Waals surface area contributed by atoms with E-state index in [1.807, 2.05) is 19.4 Å². The second-order valence-electron chi connectivity index (χ2n) is 3.11. The van der Waals surface area contributed by atoms with Crippen LogP contribution in [-0.2, 0) is 0 Å². The highest BCUT2D eigenvalue weighted by molar-refractivity contribution is 7.98. The molecule has 1 aromatic rings. The molecule has 5 heteroatoms. The lowest BCUT2D eigenvalue weighted by atomic mass is 10.3. The molecule has 1 rings (SSSR count). The number of nitrogens with one attached hydrogen (secondary N) is 1. The largest absolute Gasteiger partial charge is 0.477 e. The number of allylic oxidation sites excluding steroid dienone is 1. The Morgan fingerprint density at radius 1 is 1.56 bits per heavy atom. The standard InChI is InChI=1S/C11H17N3OS/c1-4-5-6-7-15-10-8-9(12-2)13-11(14-10)16-3/h4,8H,1,5-7H2,2-3H3,(H,12,13,14). The van der Waals surface area contributed by atoms with Crippen molar-refractivity contribution in [1.82, 2.24) is 9.97 Å². The van der Waals surface area contributed by atoms with Gasteiger partial charge in [0.2, 0.25) is 5.88 Å². The molecule has 0 aliphatic carbocycles. The Bertz CT molecular complexity index is 322. The third kappa shape index (κ3) is 4.10. The second kappa shape index (κ2) is 7.11. The Hall–Kier alpha value is -1.23. The van der Waals surface area contributed by atoms with Gasteiger partial charge < -0.3 is 10.1 Å². The van der Waals surface area contributed by atoms with Gasteiger partial charge in [0.1, 0.15) is 5.82 Å². The highest BCUT2D eigenvalue weighted by Gasteiger charge is 2.03.